The standard InChI is InChI=1S/C8H18N2O3S/c1-8(2,14(3,12)13)7(11)10-6-4-5-9/h4-6,9H2,1-3H3,(H,10,11). The number of hydrogen-bond donors (Lipinski definition) is 2. The topological polar surface area (TPSA) is 89.3 Å². The third kappa shape index (κ3) is 3.26. The van der Waals surface area contributed by atoms with E-state index in [4.69, 9.17) is 5.73 Å². The summed E-state index contributed by atoms with van der Waals surface area (Å²) in [5, 5.41) is 2.53. The number of rotatable bonds is 5. The molecule has 6 heteroatoms. The summed E-state index contributed by atoms with van der Waals surface area (Å²) in [6, 6.07) is 0. The van der Waals surface area contributed by atoms with Crippen molar-refractivity contribution in [3.8, 4) is 0 Å². The largest absolute Gasteiger partial charge is 0.355 e. The van der Waals surface area contributed by atoms with Crippen LogP contribution in [0.1, 0.15) is 20.3 Å². The summed E-state index contributed by atoms with van der Waals surface area (Å²) in [5.41, 5.74) is 5.24. The lowest BCUT2D eigenvalue weighted by molar-refractivity contribution is -0.122. The molecule has 0 aliphatic carbocycles. The number of sulfone groups is 1. The molecule has 0 heterocycles. The average molecular weight is 222 g/mol. The molecule has 0 bridgehead atoms. The zero-order valence-electron chi connectivity index (χ0n) is 8.83. The van der Waals surface area contributed by atoms with E-state index in [-0.39, 0.29) is 0 Å². The van der Waals surface area contributed by atoms with E-state index in [0.717, 1.165) is 6.26 Å². The molecule has 0 spiro atoms. The van der Waals surface area contributed by atoms with Crippen LogP contribution in [-0.4, -0.2) is 38.4 Å². The molecular weight excluding hydrogens is 204 g/mol. The third-order valence-electron chi connectivity index (χ3n) is 2.14. The van der Waals surface area contributed by atoms with E-state index in [1.54, 1.807) is 0 Å². The minimum absolute atomic E-state index is 0.411. The van der Waals surface area contributed by atoms with Gasteiger partial charge in [0.25, 0.3) is 0 Å². The van der Waals surface area contributed by atoms with Crippen LogP contribution in [0.3, 0.4) is 0 Å². The molecule has 14 heavy (non-hydrogen) atoms. The monoisotopic (exact) mass is 222 g/mol. The fraction of sp³-hybridized carbons (Fsp3) is 0.875. The fourth-order valence-corrected chi connectivity index (χ4v) is 1.09. The van der Waals surface area contributed by atoms with Crippen LogP contribution in [0.15, 0.2) is 0 Å². The highest BCUT2D eigenvalue weighted by atomic mass is 32.2. The van der Waals surface area contributed by atoms with Crippen molar-refractivity contribution in [2.75, 3.05) is 19.3 Å². The summed E-state index contributed by atoms with van der Waals surface area (Å²) in [6.45, 7) is 3.66. The highest BCUT2D eigenvalue weighted by Gasteiger charge is 2.37. The first-order chi connectivity index (χ1) is 6.23. The molecule has 0 radical (unpaired) electrons. The lowest BCUT2D eigenvalue weighted by atomic mass is 10.2. The number of amides is 1. The molecule has 0 aromatic carbocycles. The van der Waals surface area contributed by atoms with Gasteiger partial charge in [0.15, 0.2) is 9.84 Å². The van der Waals surface area contributed by atoms with E-state index in [9.17, 15) is 13.2 Å². The van der Waals surface area contributed by atoms with Crippen molar-refractivity contribution in [3.05, 3.63) is 0 Å². The van der Waals surface area contributed by atoms with Gasteiger partial charge in [0.05, 0.1) is 0 Å². The van der Waals surface area contributed by atoms with E-state index < -0.39 is 20.5 Å². The molecule has 0 saturated carbocycles. The molecule has 84 valence electrons. The predicted octanol–water partition coefficient (Wildman–Crippen LogP) is -0.725. The maximum absolute atomic E-state index is 11.5. The lowest BCUT2D eigenvalue weighted by Crippen LogP contribution is -2.47. The van der Waals surface area contributed by atoms with Crippen LogP contribution in [-0.2, 0) is 14.6 Å². The first kappa shape index (κ1) is 13.4. The molecule has 0 aromatic heterocycles. The number of carbonyl (C=O) groups excluding carboxylic acids is 1. The summed E-state index contributed by atoms with van der Waals surface area (Å²) in [6.07, 6.45) is 1.70. The van der Waals surface area contributed by atoms with Gasteiger partial charge in [-0.05, 0) is 26.8 Å². The Morgan fingerprint density at radius 1 is 1.43 bits per heavy atom. The molecule has 0 aromatic rings. The quantitative estimate of drug-likeness (QED) is 0.600. The molecule has 0 aliphatic rings. The number of hydrogen-bond acceptors (Lipinski definition) is 4. The van der Waals surface area contributed by atoms with Crippen LogP contribution < -0.4 is 11.1 Å². The Hall–Kier alpha value is -0.620. The van der Waals surface area contributed by atoms with Gasteiger partial charge in [0, 0.05) is 12.8 Å². The van der Waals surface area contributed by atoms with Crippen LogP contribution in [0, 0.1) is 0 Å². The molecule has 0 saturated heterocycles. The minimum Gasteiger partial charge on any atom is -0.355 e. The molecule has 0 atom stereocenters. The molecular formula is C8H18N2O3S. The lowest BCUT2D eigenvalue weighted by Gasteiger charge is -2.21. The third-order valence-corrected chi connectivity index (χ3v) is 4.18. The van der Waals surface area contributed by atoms with E-state index in [2.05, 4.69) is 5.32 Å². The van der Waals surface area contributed by atoms with E-state index in [1.807, 2.05) is 0 Å². The highest BCUT2D eigenvalue weighted by Crippen LogP contribution is 2.14. The van der Waals surface area contributed by atoms with Crippen molar-refractivity contribution in [2.24, 2.45) is 5.73 Å². The first-order valence-corrected chi connectivity index (χ1v) is 6.30. The SMILES string of the molecule is CC(C)(C(=O)NCCCN)S(C)(=O)=O. The minimum atomic E-state index is -3.38. The first-order valence-electron chi connectivity index (χ1n) is 4.41. The van der Waals surface area contributed by atoms with Gasteiger partial charge in [-0.1, -0.05) is 0 Å². The van der Waals surface area contributed by atoms with E-state index in [1.165, 1.54) is 13.8 Å². The number of carbonyl (C=O) groups is 1. The van der Waals surface area contributed by atoms with Gasteiger partial charge >= 0.3 is 0 Å². The second-order valence-corrected chi connectivity index (χ2v) is 6.25. The summed E-state index contributed by atoms with van der Waals surface area (Å²) >= 11 is 0. The van der Waals surface area contributed by atoms with Crippen LogP contribution in [0.4, 0.5) is 0 Å². The second-order valence-electron chi connectivity index (χ2n) is 3.68. The van der Waals surface area contributed by atoms with Gasteiger partial charge in [-0.3, -0.25) is 4.79 Å². The van der Waals surface area contributed by atoms with E-state index in [0.29, 0.717) is 19.5 Å². The second kappa shape index (κ2) is 4.75. The molecule has 0 rings (SSSR count). The van der Waals surface area contributed by atoms with Crippen molar-refractivity contribution >= 4 is 15.7 Å². The number of nitrogens with two attached hydrogens (primary N) is 1. The van der Waals surface area contributed by atoms with Crippen molar-refractivity contribution in [3.63, 3.8) is 0 Å². The number of nitrogens with one attached hydrogen (secondary N) is 1. The fourth-order valence-electron chi connectivity index (χ4n) is 0.685. The van der Waals surface area contributed by atoms with Crippen molar-refractivity contribution < 1.29 is 13.2 Å². The Labute approximate surface area is 85.0 Å². The Morgan fingerprint density at radius 3 is 2.29 bits per heavy atom. The Bertz CT molecular complexity index is 296. The summed E-state index contributed by atoms with van der Waals surface area (Å²) in [5.74, 6) is -0.478. The molecule has 3 N–H and O–H groups in total. The van der Waals surface area contributed by atoms with Gasteiger partial charge < -0.3 is 11.1 Å². The Kier molecular flexibility index (Phi) is 4.54. The maximum atomic E-state index is 11.5. The van der Waals surface area contributed by atoms with Gasteiger partial charge in [0.1, 0.15) is 4.75 Å². The van der Waals surface area contributed by atoms with Crippen LogP contribution in [0.2, 0.25) is 0 Å². The smallest absolute Gasteiger partial charge is 0.240 e. The Balaban J connectivity index is 4.39. The molecule has 5 nitrogen and oxygen atoms in total. The molecule has 1 amide bonds. The average Bonchev–Trinajstić information content (AvgIpc) is 2.02. The highest BCUT2D eigenvalue weighted by molar-refractivity contribution is 7.92. The van der Waals surface area contributed by atoms with Gasteiger partial charge in [-0.25, -0.2) is 8.42 Å². The van der Waals surface area contributed by atoms with Gasteiger partial charge in [-0.2, -0.15) is 0 Å². The van der Waals surface area contributed by atoms with Crippen molar-refractivity contribution in [2.45, 2.75) is 25.0 Å². The van der Waals surface area contributed by atoms with Crippen molar-refractivity contribution in [1.29, 1.82) is 0 Å². The van der Waals surface area contributed by atoms with Crippen molar-refractivity contribution in [1.82, 2.24) is 5.32 Å². The van der Waals surface area contributed by atoms with Gasteiger partial charge in [0.2, 0.25) is 5.91 Å². The molecule has 0 aliphatic heterocycles. The zero-order chi connectivity index (χ0) is 11.4. The van der Waals surface area contributed by atoms with Gasteiger partial charge in [-0.15, -0.1) is 0 Å². The summed E-state index contributed by atoms with van der Waals surface area (Å²) in [7, 11) is -3.38. The van der Waals surface area contributed by atoms with Crippen LogP contribution in [0.5, 0.6) is 0 Å². The van der Waals surface area contributed by atoms with Crippen LogP contribution >= 0.6 is 0 Å². The molecule has 0 fully saturated rings. The maximum Gasteiger partial charge on any atom is 0.240 e. The zero-order valence-corrected chi connectivity index (χ0v) is 9.65. The molecule has 0 unspecified atom stereocenters. The van der Waals surface area contributed by atoms with Crippen LogP contribution in [0.25, 0.3) is 0 Å². The Morgan fingerprint density at radius 2 is 1.93 bits per heavy atom. The predicted molar refractivity (Wildman–Crippen MR) is 55.6 cm³/mol. The summed E-state index contributed by atoms with van der Waals surface area (Å²) < 4.78 is 21.1. The van der Waals surface area contributed by atoms with E-state index >= 15 is 0 Å². The summed E-state index contributed by atoms with van der Waals surface area (Å²) in [4.78, 5) is 11.5. The normalized spacial score (nSPS) is 12.6.